The van der Waals surface area contributed by atoms with E-state index >= 15 is 0 Å². The van der Waals surface area contributed by atoms with Crippen molar-refractivity contribution in [3.8, 4) is 11.2 Å². The number of aliphatic hydroxyl groups is 2. The van der Waals surface area contributed by atoms with Crippen LogP contribution in [0.3, 0.4) is 0 Å². The van der Waals surface area contributed by atoms with E-state index in [1.54, 1.807) is 6.07 Å². The fourth-order valence-corrected chi connectivity index (χ4v) is 6.71. The van der Waals surface area contributed by atoms with E-state index in [0.29, 0.717) is 22.0 Å². The Balaban J connectivity index is 3.24. The van der Waals surface area contributed by atoms with E-state index in [4.69, 9.17) is 5.11 Å². The molecule has 0 radical (unpaired) electrons. The number of halogens is 1. The summed E-state index contributed by atoms with van der Waals surface area (Å²) < 4.78 is 14.1. The highest BCUT2D eigenvalue weighted by Crippen LogP contribution is 2.56. The summed E-state index contributed by atoms with van der Waals surface area (Å²) in [4.78, 5) is 0. The number of benzene rings is 1. The van der Waals surface area contributed by atoms with Gasteiger partial charge in [-0.25, -0.2) is 4.39 Å². The Morgan fingerprint density at radius 2 is 1.67 bits per heavy atom. The summed E-state index contributed by atoms with van der Waals surface area (Å²) in [5, 5.41) is 23.0. The van der Waals surface area contributed by atoms with Crippen molar-refractivity contribution in [2.75, 3.05) is 12.4 Å². The second-order valence-electron chi connectivity index (χ2n) is 7.17. The van der Waals surface area contributed by atoms with Crippen LogP contribution in [0, 0.1) is 22.9 Å². The van der Waals surface area contributed by atoms with Crippen LogP contribution in [0.15, 0.2) is 18.2 Å². The number of rotatable bonds is 6. The normalized spacial score (nSPS) is 14.0. The number of hydrogen-bond donors (Lipinski definition) is 2. The van der Waals surface area contributed by atoms with Crippen molar-refractivity contribution >= 4 is 10.0 Å². The molecule has 1 atom stereocenters. The highest BCUT2D eigenvalue weighted by Gasteiger charge is 2.30. The van der Waals surface area contributed by atoms with Crippen molar-refractivity contribution in [1.29, 1.82) is 0 Å². The van der Waals surface area contributed by atoms with Crippen molar-refractivity contribution in [1.82, 2.24) is 0 Å². The molecule has 0 aliphatic heterocycles. The van der Waals surface area contributed by atoms with Crippen molar-refractivity contribution in [2.45, 2.75) is 58.1 Å². The van der Waals surface area contributed by atoms with Gasteiger partial charge in [-0.15, -0.1) is 0 Å². The largest absolute Gasteiger partial charge is 0.393 e. The maximum absolute atomic E-state index is 14.1. The zero-order valence-corrected chi connectivity index (χ0v) is 16.5. The van der Waals surface area contributed by atoms with Gasteiger partial charge in [-0.2, -0.15) is 10.0 Å². The first kappa shape index (κ1) is 21.0. The minimum Gasteiger partial charge on any atom is -0.393 e. The summed E-state index contributed by atoms with van der Waals surface area (Å²) in [7, 11) is -1.14. The zero-order valence-electron chi connectivity index (χ0n) is 15.6. The first-order valence-electron chi connectivity index (χ1n) is 8.53. The van der Waals surface area contributed by atoms with Gasteiger partial charge in [0.1, 0.15) is 11.9 Å². The van der Waals surface area contributed by atoms with Gasteiger partial charge >= 0.3 is 0 Å². The van der Waals surface area contributed by atoms with Crippen LogP contribution >= 0.6 is 10.0 Å². The van der Waals surface area contributed by atoms with Gasteiger partial charge in [0, 0.05) is 11.1 Å². The van der Waals surface area contributed by atoms with Crippen molar-refractivity contribution in [2.24, 2.45) is 5.92 Å². The summed E-state index contributed by atoms with van der Waals surface area (Å²) >= 11 is 0. The molecule has 0 aromatic heterocycles. The van der Waals surface area contributed by atoms with Crippen LogP contribution in [0.4, 0.5) is 4.39 Å². The minimum absolute atomic E-state index is 0.108. The van der Waals surface area contributed by atoms with Crippen LogP contribution in [0.25, 0.3) is 0 Å². The third-order valence-electron chi connectivity index (χ3n) is 4.21. The van der Waals surface area contributed by atoms with Crippen LogP contribution in [-0.2, 0) is 0 Å². The highest BCUT2D eigenvalue weighted by atomic mass is 32.3. The lowest BCUT2D eigenvalue weighted by Gasteiger charge is -2.44. The third kappa shape index (κ3) is 4.99. The summed E-state index contributed by atoms with van der Waals surface area (Å²) in [5.74, 6) is 4.31. The Hall–Kier alpha value is -1.02. The number of aliphatic hydroxyl groups excluding tert-OH is 2. The molecule has 0 bridgehead atoms. The third-order valence-corrected chi connectivity index (χ3v) is 9.27. The molecule has 4 heteroatoms. The van der Waals surface area contributed by atoms with Gasteiger partial charge in [0.15, 0.2) is 0 Å². The van der Waals surface area contributed by atoms with Crippen LogP contribution in [0.5, 0.6) is 0 Å². The van der Waals surface area contributed by atoms with Gasteiger partial charge in [-0.05, 0) is 39.6 Å². The van der Waals surface area contributed by atoms with E-state index in [1.165, 1.54) is 12.1 Å². The molecule has 0 saturated carbocycles. The predicted octanol–water partition coefficient (Wildman–Crippen LogP) is 4.44. The van der Waals surface area contributed by atoms with Gasteiger partial charge in [0.05, 0.1) is 6.61 Å². The molecular weight excluding hydrogens is 323 g/mol. The molecule has 0 aliphatic rings. The van der Waals surface area contributed by atoms with Gasteiger partial charge in [0.2, 0.25) is 0 Å². The van der Waals surface area contributed by atoms with E-state index in [-0.39, 0.29) is 5.56 Å². The topological polar surface area (TPSA) is 40.5 Å². The highest BCUT2D eigenvalue weighted by molar-refractivity contribution is 8.38. The zero-order chi connectivity index (χ0) is 18.5. The average Bonchev–Trinajstić information content (AvgIpc) is 2.49. The van der Waals surface area contributed by atoms with E-state index in [9.17, 15) is 9.50 Å². The SMILES string of the molecule is CC(C)CS(C#Cc1ccc(C(O)CO)c(F)c1)(C(C)C)C(C)C. The Bertz CT molecular complexity index is 591. The average molecular weight is 355 g/mol. The van der Waals surface area contributed by atoms with E-state index in [2.05, 4.69) is 52.7 Å². The lowest BCUT2D eigenvalue weighted by atomic mass is 10.1. The summed E-state index contributed by atoms with van der Waals surface area (Å²) in [6.45, 7) is 12.9. The Morgan fingerprint density at radius 3 is 2.08 bits per heavy atom. The molecule has 0 aliphatic carbocycles. The fourth-order valence-electron chi connectivity index (χ4n) is 2.89. The second kappa shape index (κ2) is 8.89. The van der Waals surface area contributed by atoms with Crippen molar-refractivity contribution in [3.05, 3.63) is 35.1 Å². The molecule has 1 aromatic carbocycles. The quantitative estimate of drug-likeness (QED) is 0.742. The maximum atomic E-state index is 14.1. The summed E-state index contributed by atoms with van der Waals surface area (Å²) in [6, 6.07) is 4.57. The molecule has 2 nitrogen and oxygen atoms in total. The Labute approximate surface area is 147 Å². The van der Waals surface area contributed by atoms with Crippen LogP contribution in [0.1, 0.15) is 58.8 Å². The molecule has 0 fully saturated rings. The lowest BCUT2D eigenvalue weighted by Crippen LogP contribution is -2.25. The van der Waals surface area contributed by atoms with Gasteiger partial charge in [-0.1, -0.05) is 53.5 Å². The van der Waals surface area contributed by atoms with Crippen molar-refractivity contribution in [3.63, 3.8) is 0 Å². The second-order valence-corrected chi connectivity index (χ2v) is 11.3. The van der Waals surface area contributed by atoms with Crippen molar-refractivity contribution < 1.29 is 14.6 Å². The Morgan fingerprint density at radius 1 is 1.08 bits per heavy atom. The first-order chi connectivity index (χ1) is 11.1. The molecule has 24 heavy (non-hydrogen) atoms. The van der Waals surface area contributed by atoms with Crippen LogP contribution < -0.4 is 0 Å². The van der Waals surface area contributed by atoms with Gasteiger partial charge < -0.3 is 10.2 Å². The molecule has 0 heterocycles. The minimum atomic E-state index is -1.19. The van der Waals surface area contributed by atoms with E-state index < -0.39 is 28.6 Å². The predicted molar refractivity (Wildman–Crippen MR) is 103 cm³/mol. The van der Waals surface area contributed by atoms with Gasteiger partial charge in [0.25, 0.3) is 0 Å². The maximum Gasteiger partial charge on any atom is 0.130 e. The number of hydrogen-bond acceptors (Lipinski definition) is 2. The smallest absolute Gasteiger partial charge is 0.130 e. The fraction of sp³-hybridized carbons (Fsp3) is 0.600. The first-order valence-corrected chi connectivity index (χ1v) is 10.5. The standard InChI is InChI=1S/C20H31FO2S/c1-14(2)13-24(15(3)4,16(5)6)10-9-17-7-8-18(19(21)11-17)20(23)12-22/h7-8,11,14-16,20,22-23H,12-13H2,1-6H3. The molecule has 0 amide bonds. The molecule has 1 rings (SSSR count). The molecule has 2 N–H and O–H groups in total. The van der Waals surface area contributed by atoms with E-state index in [0.717, 1.165) is 5.75 Å². The Kier molecular flexibility index (Phi) is 7.79. The molecular formula is C20H31FO2S. The molecule has 0 spiro atoms. The molecule has 136 valence electrons. The lowest BCUT2D eigenvalue weighted by molar-refractivity contribution is 0.0926. The molecule has 1 aromatic rings. The van der Waals surface area contributed by atoms with Crippen LogP contribution in [-0.4, -0.2) is 33.1 Å². The summed E-state index contributed by atoms with van der Waals surface area (Å²) in [5.41, 5.74) is 0.722. The van der Waals surface area contributed by atoms with Gasteiger partial charge in [-0.3, -0.25) is 0 Å². The molecule has 0 saturated heterocycles. The molecule has 1 unspecified atom stereocenters. The van der Waals surface area contributed by atoms with E-state index in [1.807, 2.05) is 0 Å². The van der Waals surface area contributed by atoms with Crippen LogP contribution in [0.2, 0.25) is 0 Å². The summed E-state index contributed by atoms with van der Waals surface area (Å²) in [6.07, 6.45) is -1.19. The monoisotopic (exact) mass is 354 g/mol.